The van der Waals surface area contributed by atoms with Crippen LogP contribution in [0.15, 0.2) is 4.99 Å². The Morgan fingerprint density at radius 1 is 1.25 bits per heavy atom. The maximum absolute atomic E-state index is 5.78. The van der Waals surface area contributed by atoms with Gasteiger partial charge in [0.05, 0.1) is 5.60 Å². The van der Waals surface area contributed by atoms with Crippen LogP contribution in [0.2, 0.25) is 0 Å². The van der Waals surface area contributed by atoms with Gasteiger partial charge in [-0.15, -0.1) is 0 Å². The molecule has 1 saturated carbocycles. The molecule has 0 aromatic heterocycles. The second-order valence-electron chi connectivity index (χ2n) is 6.55. The minimum Gasteiger partial charge on any atom is -0.373 e. The second kappa shape index (κ2) is 7.87. The highest BCUT2D eigenvalue weighted by Crippen LogP contribution is 2.28. The van der Waals surface area contributed by atoms with Gasteiger partial charge in [0, 0.05) is 26.7 Å². The number of nitrogens with zero attached hydrogens (tertiary/aromatic N) is 1. The van der Waals surface area contributed by atoms with Gasteiger partial charge in [-0.1, -0.05) is 25.7 Å². The summed E-state index contributed by atoms with van der Waals surface area (Å²) in [6, 6.07) is 0. The standard InChI is InChI=1S/C16H31N3O/c1-16(10-6-12-20-16)13-19-15(17-2)18-11-5-9-14-7-3-4-8-14/h14H,3-13H2,1-2H3,(H2,17,18,19). The van der Waals surface area contributed by atoms with Crippen LogP contribution in [0.25, 0.3) is 0 Å². The minimum absolute atomic E-state index is 0.0124. The molecule has 0 bridgehead atoms. The quantitative estimate of drug-likeness (QED) is 0.447. The van der Waals surface area contributed by atoms with Crippen molar-refractivity contribution in [2.45, 2.75) is 63.9 Å². The van der Waals surface area contributed by atoms with Crippen molar-refractivity contribution in [2.75, 3.05) is 26.7 Å². The van der Waals surface area contributed by atoms with Gasteiger partial charge in [0.1, 0.15) is 0 Å². The van der Waals surface area contributed by atoms with Crippen molar-refractivity contribution in [1.82, 2.24) is 10.6 Å². The highest BCUT2D eigenvalue weighted by Gasteiger charge is 2.29. The van der Waals surface area contributed by atoms with E-state index in [9.17, 15) is 0 Å². The SMILES string of the molecule is CN=C(NCCCC1CCCC1)NCC1(C)CCCO1. The first-order chi connectivity index (χ1) is 9.72. The van der Waals surface area contributed by atoms with Gasteiger partial charge in [-0.3, -0.25) is 4.99 Å². The summed E-state index contributed by atoms with van der Waals surface area (Å²) in [6.45, 7) is 4.94. The van der Waals surface area contributed by atoms with Crippen LogP contribution >= 0.6 is 0 Å². The Balaban J connectivity index is 1.57. The summed E-state index contributed by atoms with van der Waals surface area (Å²) in [6.07, 6.45) is 10.7. The Labute approximate surface area is 123 Å². The summed E-state index contributed by atoms with van der Waals surface area (Å²) in [4.78, 5) is 4.29. The predicted molar refractivity (Wildman–Crippen MR) is 84.1 cm³/mol. The minimum atomic E-state index is -0.0124. The molecule has 4 heteroatoms. The average molecular weight is 281 g/mol. The van der Waals surface area contributed by atoms with Gasteiger partial charge in [-0.2, -0.15) is 0 Å². The maximum atomic E-state index is 5.78. The molecule has 0 aromatic rings. The van der Waals surface area contributed by atoms with Gasteiger partial charge in [0.15, 0.2) is 5.96 Å². The van der Waals surface area contributed by atoms with E-state index in [1.807, 2.05) is 7.05 Å². The molecule has 0 radical (unpaired) electrons. The molecule has 0 aromatic carbocycles. The molecule has 2 aliphatic rings. The fourth-order valence-corrected chi connectivity index (χ4v) is 3.36. The zero-order valence-electron chi connectivity index (χ0n) is 13.2. The molecular weight excluding hydrogens is 250 g/mol. The first-order valence-electron chi connectivity index (χ1n) is 8.30. The number of ether oxygens (including phenoxy) is 1. The van der Waals surface area contributed by atoms with Gasteiger partial charge in [-0.05, 0) is 38.5 Å². The van der Waals surface area contributed by atoms with E-state index in [4.69, 9.17) is 4.74 Å². The van der Waals surface area contributed by atoms with Crippen LogP contribution in [-0.4, -0.2) is 38.3 Å². The number of rotatable bonds is 6. The predicted octanol–water partition coefficient (Wildman–Crippen LogP) is 2.69. The van der Waals surface area contributed by atoms with Crippen LogP contribution in [0.1, 0.15) is 58.3 Å². The molecule has 20 heavy (non-hydrogen) atoms. The summed E-state index contributed by atoms with van der Waals surface area (Å²) in [5.41, 5.74) is -0.0124. The third-order valence-corrected chi connectivity index (χ3v) is 4.71. The van der Waals surface area contributed by atoms with Crippen LogP contribution in [0.3, 0.4) is 0 Å². The lowest BCUT2D eigenvalue weighted by atomic mass is 10.0. The molecular formula is C16H31N3O. The van der Waals surface area contributed by atoms with Crippen molar-refractivity contribution in [3.8, 4) is 0 Å². The fraction of sp³-hybridized carbons (Fsp3) is 0.938. The van der Waals surface area contributed by atoms with E-state index in [0.717, 1.165) is 38.0 Å². The molecule has 1 saturated heterocycles. The van der Waals surface area contributed by atoms with E-state index in [-0.39, 0.29) is 5.60 Å². The van der Waals surface area contributed by atoms with Crippen LogP contribution in [0.4, 0.5) is 0 Å². The van der Waals surface area contributed by atoms with Crippen LogP contribution in [-0.2, 0) is 4.74 Å². The van der Waals surface area contributed by atoms with Crippen LogP contribution < -0.4 is 10.6 Å². The summed E-state index contributed by atoms with van der Waals surface area (Å²) < 4.78 is 5.78. The van der Waals surface area contributed by atoms with Gasteiger partial charge >= 0.3 is 0 Å². The van der Waals surface area contributed by atoms with E-state index in [1.54, 1.807) is 0 Å². The number of hydrogen-bond donors (Lipinski definition) is 2. The molecule has 4 nitrogen and oxygen atoms in total. The highest BCUT2D eigenvalue weighted by atomic mass is 16.5. The van der Waals surface area contributed by atoms with Gasteiger partial charge in [0.2, 0.25) is 0 Å². The highest BCUT2D eigenvalue weighted by molar-refractivity contribution is 5.79. The smallest absolute Gasteiger partial charge is 0.191 e. The van der Waals surface area contributed by atoms with E-state index < -0.39 is 0 Å². The summed E-state index contributed by atoms with van der Waals surface area (Å²) in [5.74, 6) is 1.89. The molecule has 0 spiro atoms. The van der Waals surface area contributed by atoms with Crippen molar-refractivity contribution in [3.63, 3.8) is 0 Å². The second-order valence-corrected chi connectivity index (χ2v) is 6.55. The van der Waals surface area contributed by atoms with E-state index in [0.29, 0.717) is 0 Å². The molecule has 0 amide bonds. The summed E-state index contributed by atoms with van der Waals surface area (Å²) in [7, 11) is 1.84. The molecule has 2 fully saturated rings. The molecule has 1 unspecified atom stereocenters. The fourth-order valence-electron chi connectivity index (χ4n) is 3.36. The van der Waals surface area contributed by atoms with Crippen LogP contribution in [0, 0.1) is 5.92 Å². The molecule has 116 valence electrons. The Hall–Kier alpha value is -0.770. The van der Waals surface area contributed by atoms with Crippen molar-refractivity contribution in [3.05, 3.63) is 0 Å². The van der Waals surface area contributed by atoms with E-state index >= 15 is 0 Å². The van der Waals surface area contributed by atoms with Gasteiger partial charge < -0.3 is 15.4 Å². The van der Waals surface area contributed by atoms with Crippen molar-refractivity contribution >= 4 is 5.96 Å². The topological polar surface area (TPSA) is 45.7 Å². The Bertz CT molecular complexity index is 305. The van der Waals surface area contributed by atoms with Crippen molar-refractivity contribution in [2.24, 2.45) is 10.9 Å². The average Bonchev–Trinajstić information content (AvgIpc) is 3.10. The van der Waals surface area contributed by atoms with Gasteiger partial charge in [0.25, 0.3) is 0 Å². The monoisotopic (exact) mass is 281 g/mol. The van der Waals surface area contributed by atoms with Crippen LogP contribution in [0.5, 0.6) is 0 Å². The van der Waals surface area contributed by atoms with Crippen molar-refractivity contribution < 1.29 is 4.74 Å². The lowest BCUT2D eigenvalue weighted by Gasteiger charge is -2.24. The number of nitrogens with one attached hydrogen (secondary N) is 2. The normalized spacial score (nSPS) is 28.0. The zero-order valence-corrected chi connectivity index (χ0v) is 13.2. The molecule has 1 heterocycles. The number of hydrogen-bond acceptors (Lipinski definition) is 2. The first-order valence-corrected chi connectivity index (χ1v) is 8.30. The molecule has 1 atom stereocenters. The summed E-state index contributed by atoms with van der Waals surface area (Å²) >= 11 is 0. The third kappa shape index (κ3) is 4.97. The zero-order chi connectivity index (χ0) is 14.3. The van der Waals surface area contributed by atoms with E-state index in [2.05, 4.69) is 22.5 Å². The Morgan fingerprint density at radius 2 is 2.05 bits per heavy atom. The maximum Gasteiger partial charge on any atom is 0.191 e. The lowest BCUT2D eigenvalue weighted by Crippen LogP contribution is -2.45. The Kier molecular flexibility index (Phi) is 6.14. The van der Waals surface area contributed by atoms with E-state index in [1.165, 1.54) is 44.9 Å². The molecule has 2 rings (SSSR count). The molecule has 2 N–H and O–H groups in total. The lowest BCUT2D eigenvalue weighted by molar-refractivity contribution is 0.0243. The van der Waals surface area contributed by atoms with Gasteiger partial charge in [-0.25, -0.2) is 0 Å². The molecule has 1 aliphatic carbocycles. The first kappa shape index (κ1) is 15.6. The largest absolute Gasteiger partial charge is 0.373 e. The Morgan fingerprint density at radius 3 is 2.70 bits per heavy atom. The number of guanidine groups is 1. The van der Waals surface area contributed by atoms with Crippen molar-refractivity contribution in [1.29, 1.82) is 0 Å². The third-order valence-electron chi connectivity index (χ3n) is 4.71. The molecule has 1 aliphatic heterocycles. The summed E-state index contributed by atoms with van der Waals surface area (Å²) in [5, 5.41) is 6.81. The number of aliphatic imine (C=N–C) groups is 1.